The molecule has 0 unspecified atom stereocenters. The summed E-state index contributed by atoms with van der Waals surface area (Å²) in [6, 6.07) is 12.1. The van der Waals surface area contributed by atoms with Gasteiger partial charge in [-0.3, -0.25) is 19.8 Å². The van der Waals surface area contributed by atoms with Gasteiger partial charge >= 0.3 is 5.97 Å². The number of ether oxygens (including phenoxy) is 2. The van der Waals surface area contributed by atoms with Crippen molar-refractivity contribution in [3.63, 3.8) is 0 Å². The maximum absolute atomic E-state index is 13.4. The molecule has 32 heavy (non-hydrogen) atoms. The number of hydrogen-bond acceptors (Lipinski definition) is 6. The van der Waals surface area contributed by atoms with Gasteiger partial charge in [-0.25, -0.2) is 4.79 Å². The molecule has 1 saturated heterocycles. The molecule has 1 fully saturated rings. The van der Waals surface area contributed by atoms with Crippen molar-refractivity contribution in [3.05, 3.63) is 59.2 Å². The van der Waals surface area contributed by atoms with E-state index in [1.165, 1.54) is 25.0 Å². The fourth-order valence-electron chi connectivity index (χ4n) is 3.22. The third-order valence-electron chi connectivity index (χ3n) is 4.89. The molecule has 3 rings (SSSR count). The highest BCUT2D eigenvalue weighted by Crippen LogP contribution is 2.34. The third-order valence-corrected chi connectivity index (χ3v) is 5.17. The number of amides is 2. The summed E-state index contributed by atoms with van der Waals surface area (Å²) in [7, 11) is 1.41. The quantitative estimate of drug-likeness (QED) is 0.376. The van der Waals surface area contributed by atoms with Gasteiger partial charge in [0, 0.05) is 5.56 Å². The minimum absolute atomic E-state index is 0.0142. The van der Waals surface area contributed by atoms with Crippen molar-refractivity contribution >= 4 is 46.9 Å². The number of nitrogens with one attached hydrogen (secondary N) is 1. The molecule has 2 aromatic rings. The molecule has 1 atom stereocenters. The van der Waals surface area contributed by atoms with Crippen LogP contribution in [0.3, 0.4) is 0 Å². The van der Waals surface area contributed by atoms with Crippen LogP contribution in [0.15, 0.2) is 48.0 Å². The lowest BCUT2D eigenvalue weighted by atomic mass is 10.0. The Balaban J connectivity index is 2.10. The van der Waals surface area contributed by atoms with Gasteiger partial charge in [0.25, 0.3) is 11.8 Å². The molecule has 0 spiro atoms. The largest absolute Gasteiger partial charge is 0.493 e. The Labute approximate surface area is 190 Å². The Kier molecular flexibility index (Phi) is 6.89. The van der Waals surface area contributed by atoms with E-state index < -0.39 is 23.9 Å². The lowest BCUT2D eigenvalue weighted by Crippen LogP contribution is -2.54. The second-order valence-corrected chi connectivity index (χ2v) is 7.30. The molecule has 2 N–H and O–H groups in total. The van der Waals surface area contributed by atoms with E-state index in [4.69, 9.17) is 21.7 Å². The van der Waals surface area contributed by atoms with Gasteiger partial charge in [0.05, 0.1) is 12.8 Å². The number of carboxylic acids is 1. The first-order valence-corrected chi connectivity index (χ1v) is 10.2. The van der Waals surface area contributed by atoms with E-state index in [9.17, 15) is 19.5 Å². The van der Waals surface area contributed by atoms with E-state index in [1.54, 1.807) is 30.3 Å². The van der Waals surface area contributed by atoms with Crippen LogP contribution in [0.2, 0.25) is 0 Å². The molecular formula is C23H22N2O6S. The standard InChI is InChI=1S/C23H22N2O6S/c1-4-14-8-5-6-10-17(14)25-21(27)16(20(26)24-23(25)32)12-15-9-7-11-18(30-3)19(15)31-13(2)22(28)29/h5-13H,4H2,1-3H3,(H,28,29)(H,24,26,32)/b16-12+/t13-/m1/s1. The topological polar surface area (TPSA) is 105 Å². The number of rotatable bonds is 7. The van der Waals surface area contributed by atoms with Crippen LogP contribution in [0, 0.1) is 0 Å². The smallest absolute Gasteiger partial charge is 0.344 e. The summed E-state index contributed by atoms with van der Waals surface area (Å²) in [5.74, 6) is -2.06. The summed E-state index contributed by atoms with van der Waals surface area (Å²) >= 11 is 5.28. The number of carboxylic acid groups (broad SMARTS) is 1. The third kappa shape index (κ3) is 4.47. The zero-order valence-corrected chi connectivity index (χ0v) is 18.6. The molecule has 1 heterocycles. The molecule has 0 aromatic heterocycles. The van der Waals surface area contributed by atoms with Gasteiger partial charge in [-0.2, -0.15) is 0 Å². The van der Waals surface area contributed by atoms with Crippen molar-refractivity contribution < 1.29 is 29.0 Å². The fraction of sp³-hybridized carbons (Fsp3) is 0.217. The predicted octanol–water partition coefficient (Wildman–Crippen LogP) is 2.94. The van der Waals surface area contributed by atoms with E-state index in [2.05, 4.69) is 5.32 Å². The maximum atomic E-state index is 13.4. The van der Waals surface area contributed by atoms with Gasteiger partial charge in [0.2, 0.25) is 0 Å². The monoisotopic (exact) mass is 454 g/mol. The summed E-state index contributed by atoms with van der Waals surface area (Å²) in [5, 5.41) is 11.8. The highest BCUT2D eigenvalue weighted by Gasteiger charge is 2.35. The molecule has 0 radical (unpaired) electrons. The van der Waals surface area contributed by atoms with Crippen molar-refractivity contribution in [1.82, 2.24) is 5.32 Å². The first-order valence-electron chi connectivity index (χ1n) is 9.84. The first kappa shape index (κ1) is 23.0. The zero-order valence-electron chi connectivity index (χ0n) is 17.7. The number of methoxy groups -OCH3 is 1. The van der Waals surface area contributed by atoms with Crippen molar-refractivity contribution in [2.75, 3.05) is 12.0 Å². The van der Waals surface area contributed by atoms with Gasteiger partial charge in [-0.05, 0) is 49.3 Å². The Hall–Kier alpha value is -3.72. The molecule has 166 valence electrons. The molecular weight excluding hydrogens is 432 g/mol. The summed E-state index contributed by atoms with van der Waals surface area (Å²) in [5.41, 5.74) is 1.61. The number of thiocarbonyl (C=S) groups is 1. The molecule has 0 saturated carbocycles. The Morgan fingerprint density at radius 1 is 1.22 bits per heavy atom. The van der Waals surface area contributed by atoms with Gasteiger partial charge in [0.1, 0.15) is 5.57 Å². The number of carbonyl (C=O) groups is 3. The molecule has 1 aliphatic heterocycles. The highest BCUT2D eigenvalue weighted by molar-refractivity contribution is 7.80. The molecule has 2 aromatic carbocycles. The SMILES string of the molecule is CCc1ccccc1N1C(=O)/C(=C/c2cccc(OC)c2O[C@H](C)C(=O)O)C(=O)NC1=S. The predicted molar refractivity (Wildman–Crippen MR) is 123 cm³/mol. The van der Waals surface area contributed by atoms with Gasteiger partial charge in [-0.15, -0.1) is 0 Å². The number of nitrogens with zero attached hydrogens (tertiary/aromatic N) is 1. The normalized spacial score (nSPS) is 16.0. The average Bonchev–Trinajstić information content (AvgIpc) is 2.77. The summed E-state index contributed by atoms with van der Waals surface area (Å²) in [6.45, 7) is 3.32. The van der Waals surface area contributed by atoms with E-state index in [-0.39, 0.29) is 22.2 Å². The number of para-hydroxylation sites is 2. The van der Waals surface area contributed by atoms with Crippen molar-refractivity contribution in [2.24, 2.45) is 0 Å². The molecule has 2 amide bonds. The molecule has 9 heteroatoms. The van der Waals surface area contributed by atoms with Crippen LogP contribution in [0.4, 0.5) is 5.69 Å². The summed E-state index contributed by atoms with van der Waals surface area (Å²) in [4.78, 5) is 38.6. The number of anilines is 1. The lowest BCUT2D eigenvalue weighted by molar-refractivity contribution is -0.144. The van der Waals surface area contributed by atoms with Crippen LogP contribution in [-0.4, -0.2) is 41.2 Å². The van der Waals surface area contributed by atoms with E-state index in [1.807, 2.05) is 19.1 Å². The Morgan fingerprint density at radius 2 is 1.94 bits per heavy atom. The highest BCUT2D eigenvalue weighted by atomic mass is 32.1. The summed E-state index contributed by atoms with van der Waals surface area (Å²) in [6.07, 6.45) is 0.823. The lowest BCUT2D eigenvalue weighted by Gasteiger charge is -2.30. The van der Waals surface area contributed by atoms with Gasteiger partial charge in [-0.1, -0.05) is 37.3 Å². The van der Waals surface area contributed by atoms with Crippen molar-refractivity contribution in [2.45, 2.75) is 26.4 Å². The van der Waals surface area contributed by atoms with Gasteiger partial charge < -0.3 is 14.6 Å². The first-order chi connectivity index (χ1) is 15.3. The minimum atomic E-state index is -1.18. The van der Waals surface area contributed by atoms with E-state index in [0.717, 1.165) is 5.56 Å². The van der Waals surface area contributed by atoms with E-state index >= 15 is 0 Å². The number of hydrogen-bond donors (Lipinski definition) is 2. The average molecular weight is 455 g/mol. The zero-order chi connectivity index (χ0) is 23.4. The second kappa shape index (κ2) is 9.61. The fourth-order valence-corrected chi connectivity index (χ4v) is 3.49. The Bertz CT molecular complexity index is 1130. The summed E-state index contributed by atoms with van der Waals surface area (Å²) < 4.78 is 10.8. The van der Waals surface area contributed by atoms with Crippen LogP contribution < -0.4 is 19.7 Å². The number of benzene rings is 2. The molecule has 0 aliphatic carbocycles. The van der Waals surface area contributed by atoms with Crippen LogP contribution in [-0.2, 0) is 20.8 Å². The molecule has 1 aliphatic rings. The minimum Gasteiger partial charge on any atom is -0.493 e. The van der Waals surface area contributed by atoms with Crippen LogP contribution in [0.5, 0.6) is 11.5 Å². The second-order valence-electron chi connectivity index (χ2n) is 6.92. The van der Waals surface area contributed by atoms with Crippen LogP contribution in [0.1, 0.15) is 25.0 Å². The van der Waals surface area contributed by atoms with Crippen molar-refractivity contribution in [3.8, 4) is 11.5 Å². The molecule has 0 bridgehead atoms. The molecule has 8 nitrogen and oxygen atoms in total. The maximum Gasteiger partial charge on any atom is 0.344 e. The number of aryl methyl sites for hydroxylation is 1. The number of carbonyl (C=O) groups excluding carboxylic acids is 2. The number of aliphatic carboxylic acids is 1. The Morgan fingerprint density at radius 3 is 2.59 bits per heavy atom. The van der Waals surface area contributed by atoms with Crippen molar-refractivity contribution in [1.29, 1.82) is 0 Å². The van der Waals surface area contributed by atoms with E-state index in [0.29, 0.717) is 17.7 Å². The van der Waals surface area contributed by atoms with Crippen LogP contribution >= 0.6 is 12.2 Å². The van der Waals surface area contributed by atoms with Crippen LogP contribution in [0.25, 0.3) is 6.08 Å². The van der Waals surface area contributed by atoms with Gasteiger partial charge in [0.15, 0.2) is 22.7 Å².